The lowest BCUT2D eigenvalue weighted by molar-refractivity contribution is -0.397. The summed E-state index contributed by atoms with van der Waals surface area (Å²) < 4.78 is 117. The highest BCUT2D eigenvalue weighted by Gasteiger charge is 2.81. The molecule has 0 aromatic heterocycles. The van der Waals surface area contributed by atoms with Crippen molar-refractivity contribution in [1.29, 1.82) is 0 Å². The van der Waals surface area contributed by atoms with Gasteiger partial charge in [-0.3, -0.25) is 0 Å². The van der Waals surface area contributed by atoms with Crippen LogP contribution in [-0.4, -0.2) is 23.9 Å². The number of hydrogen-bond donors (Lipinski definition) is 0. The van der Waals surface area contributed by atoms with Crippen LogP contribution in [0.4, 0.5) is 39.5 Å². The molecule has 0 fully saturated rings. The van der Waals surface area contributed by atoms with E-state index >= 15 is 0 Å². The van der Waals surface area contributed by atoms with E-state index in [9.17, 15) is 39.5 Å². The molecule has 28 heavy (non-hydrogen) atoms. The Balaban J connectivity index is 3.29. The Morgan fingerprint density at radius 2 is 1.32 bits per heavy atom. The lowest BCUT2D eigenvalue weighted by Gasteiger charge is -2.34. The quantitative estimate of drug-likeness (QED) is 0.202. The minimum atomic E-state index is -6.99. The third-order valence-electron chi connectivity index (χ3n) is 4.01. The topological polar surface area (TPSA) is 48.8 Å². The van der Waals surface area contributed by atoms with Crippen molar-refractivity contribution in [3.8, 4) is 0 Å². The summed E-state index contributed by atoms with van der Waals surface area (Å²) in [6.07, 6.45) is -9.15. The minimum Gasteiger partial charge on any atom is -0.200 e. The van der Waals surface area contributed by atoms with Crippen LogP contribution in [0.5, 0.6) is 0 Å². The molecule has 1 unspecified atom stereocenters. The molecule has 0 aliphatic rings. The fraction of sp³-hybridized carbons (Fsp3) is 0.625. The maximum absolute atomic E-state index is 13.8. The molecule has 1 atom stereocenters. The molecule has 0 spiro atoms. The van der Waals surface area contributed by atoms with E-state index in [-0.39, 0.29) is 11.0 Å². The molecule has 1 aromatic carbocycles. The molecule has 3 nitrogen and oxygen atoms in total. The van der Waals surface area contributed by atoms with Crippen LogP contribution in [-0.2, 0) is 5.41 Å². The van der Waals surface area contributed by atoms with Crippen molar-refractivity contribution < 1.29 is 39.5 Å². The van der Waals surface area contributed by atoms with Crippen molar-refractivity contribution in [1.82, 2.24) is 0 Å². The van der Waals surface area contributed by atoms with Gasteiger partial charge in [0.2, 0.25) is 0 Å². The minimum absolute atomic E-state index is 0.239. The SMILES string of the molecule is CC(C)(C)c1ccc(C(CC(F)(F)C(F)(F)C(F)(F)C(F)(F)F)N=[N+]=[N-])cc1. The van der Waals surface area contributed by atoms with E-state index in [1.807, 2.05) is 0 Å². The summed E-state index contributed by atoms with van der Waals surface area (Å²) in [6.45, 7) is 5.42. The predicted molar refractivity (Wildman–Crippen MR) is 82.5 cm³/mol. The second kappa shape index (κ2) is 7.38. The summed E-state index contributed by atoms with van der Waals surface area (Å²) in [5.74, 6) is -19.6. The third-order valence-corrected chi connectivity index (χ3v) is 4.01. The molecule has 12 heteroatoms. The lowest BCUT2D eigenvalue weighted by atomic mass is 9.85. The van der Waals surface area contributed by atoms with Crippen LogP contribution in [0.3, 0.4) is 0 Å². The molecular weight excluding hydrogens is 405 g/mol. The highest BCUT2D eigenvalue weighted by atomic mass is 19.4. The van der Waals surface area contributed by atoms with Gasteiger partial charge in [0.05, 0.1) is 6.04 Å². The van der Waals surface area contributed by atoms with E-state index in [0.29, 0.717) is 5.56 Å². The maximum atomic E-state index is 13.8. The molecule has 0 bridgehead atoms. The zero-order chi connectivity index (χ0) is 22.2. The lowest BCUT2D eigenvalue weighted by Crippen LogP contribution is -2.61. The summed E-state index contributed by atoms with van der Waals surface area (Å²) >= 11 is 0. The summed E-state index contributed by atoms with van der Waals surface area (Å²) in [5, 5.41) is 2.87. The summed E-state index contributed by atoms with van der Waals surface area (Å²) in [5.41, 5.74) is 8.54. The first-order valence-corrected chi connectivity index (χ1v) is 7.73. The van der Waals surface area contributed by atoms with Crippen LogP contribution < -0.4 is 0 Å². The zero-order valence-electron chi connectivity index (χ0n) is 14.8. The molecule has 0 heterocycles. The van der Waals surface area contributed by atoms with Crippen molar-refractivity contribution in [2.45, 2.75) is 62.6 Å². The van der Waals surface area contributed by atoms with Crippen LogP contribution >= 0.6 is 0 Å². The number of halogens is 9. The fourth-order valence-electron chi connectivity index (χ4n) is 2.27. The van der Waals surface area contributed by atoms with Crippen LogP contribution in [0.25, 0.3) is 10.4 Å². The highest BCUT2D eigenvalue weighted by molar-refractivity contribution is 5.29. The summed E-state index contributed by atoms with van der Waals surface area (Å²) in [7, 11) is 0. The zero-order valence-corrected chi connectivity index (χ0v) is 14.8. The average Bonchev–Trinajstić information content (AvgIpc) is 2.52. The van der Waals surface area contributed by atoms with E-state index in [4.69, 9.17) is 5.53 Å². The van der Waals surface area contributed by atoms with Gasteiger partial charge >= 0.3 is 23.9 Å². The molecule has 1 rings (SSSR count). The summed E-state index contributed by atoms with van der Waals surface area (Å²) in [6, 6.07) is 3.03. The van der Waals surface area contributed by atoms with Gasteiger partial charge in [0.15, 0.2) is 0 Å². The first-order valence-electron chi connectivity index (χ1n) is 7.73. The Hall–Kier alpha value is -2.10. The third kappa shape index (κ3) is 4.48. The van der Waals surface area contributed by atoms with Crippen molar-refractivity contribution in [2.24, 2.45) is 5.11 Å². The van der Waals surface area contributed by atoms with Crippen LogP contribution in [0.1, 0.15) is 44.4 Å². The number of rotatable bonds is 6. The first-order chi connectivity index (χ1) is 12.4. The largest absolute Gasteiger partial charge is 0.460 e. The molecule has 0 saturated carbocycles. The number of alkyl halides is 9. The Bertz CT molecular complexity index is 727. The number of benzene rings is 1. The number of nitrogens with zero attached hydrogens (tertiary/aromatic N) is 3. The molecule has 158 valence electrons. The molecule has 0 aliphatic carbocycles. The standard InChI is InChI=1S/C16H16F9N3/c1-12(2,3)10-6-4-9(5-7-10)11(27-28-26)8-13(17,18)14(19,20)15(21,22)16(23,24)25/h4-7,11H,8H2,1-3H3. The van der Waals surface area contributed by atoms with Gasteiger partial charge in [-0.1, -0.05) is 50.2 Å². The highest BCUT2D eigenvalue weighted by Crippen LogP contribution is 2.55. The van der Waals surface area contributed by atoms with Gasteiger partial charge in [0.25, 0.3) is 0 Å². The molecule has 0 N–H and O–H groups in total. The molecule has 1 aromatic rings. The number of azide groups is 1. The fourth-order valence-corrected chi connectivity index (χ4v) is 2.27. The Kier molecular flexibility index (Phi) is 6.31. The van der Waals surface area contributed by atoms with E-state index in [1.54, 1.807) is 20.8 Å². The van der Waals surface area contributed by atoms with Gasteiger partial charge in [-0.15, -0.1) is 0 Å². The van der Waals surface area contributed by atoms with Crippen LogP contribution in [0.15, 0.2) is 29.4 Å². The van der Waals surface area contributed by atoms with E-state index in [2.05, 4.69) is 10.0 Å². The summed E-state index contributed by atoms with van der Waals surface area (Å²) in [4.78, 5) is 2.20. The molecule has 0 saturated heterocycles. The normalized spacial score (nSPS) is 15.1. The predicted octanol–water partition coefficient (Wildman–Crippen LogP) is 7.19. The Morgan fingerprint density at radius 3 is 1.68 bits per heavy atom. The van der Waals surface area contributed by atoms with Crippen molar-refractivity contribution in [3.05, 3.63) is 45.8 Å². The monoisotopic (exact) mass is 421 g/mol. The van der Waals surface area contributed by atoms with Gasteiger partial charge in [-0.25, -0.2) is 0 Å². The van der Waals surface area contributed by atoms with E-state index in [0.717, 1.165) is 12.1 Å². The molecule has 0 amide bonds. The van der Waals surface area contributed by atoms with Crippen LogP contribution in [0.2, 0.25) is 0 Å². The van der Waals surface area contributed by atoms with Crippen molar-refractivity contribution in [3.63, 3.8) is 0 Å². The van der Waals surface area contributed by atoms with Crippen molar-refractivity contribution in [2.75, 3.05) is 0 Å². The van der Waals surface area contributed by atoms with Gasteiger partial charge in [0.1, 0.15) is 0 Å². The van der Waals surface area contributed by atoms with Gasteiger partial charge in [-0.2, -0.15) is 39.5 Å². The second-order valence-electron chi connectivity index (χ2n) is 7.15. The molecule has 0 radical (unpaired) electrons. The van der Waals surface area contributed by atoms with Crippen LogP contribution in [0, 0.1) is 0 Å². The molecular formula is C16H16F9N3. The van der Waals surface area contributed by atoms with E-state index < -0.39 is 36.4 Å². The average molecular weight is 421 g/mol. The van der Waals surface area contributed by atoms with Gasteiger partial charge in [0, 0.05) is 11.3 Å². The van der Waals surface area contributed by atoms with Gasteiger partial charge < -0.3 is 0 Å². The molecule has 0 aliphatic heterocycles. The van der Waals surface area contributed by atoms with Crippen molar-refractivity contribution >= 4 is 0 Å². The Labute approximate surface area is 154 Å². The van der Waals surface area contributed by atoms with Gasteiger partial charge in [-0.05, 0) is 22.1 Å². The number of hydrogen-bond acceptors (Lipinski definition) is 1. The maximum Gasteiger partial charge on any atom is 0.460 e. The first kappa shape index (κ1) is 23.9. The van der Waals surface area contributed by atoms with E-state index in [1.165, 1.54) is 12.1 Å². The smallest absolute Gasteiger partial charge is 0.200 e. The second-order valence-corrected chi connectivity index (χ2v) is 7.15. The Morgan fingerprint density at radius 1 is 0.857 bits per heavy atom.